The Morgan fingerprint density at radius 1 is 0.322 bits per heavy atom. The van der Waals surface area contributed by atoms with Crippen LogP contribution < -0.4 is 0 Å². The van der Waals surface area contributed by atoms with Crippen LogP contribution in [0.5, 0.6) is 0 Å². The molecule has 9 aromatic carbocycles. The molecule has 0 N–H and O–H groups in total. The highest BCUT2D eigenvalue weighted by Gasteiger charge is 2.37. The van der Waals surface area contributed by atoms with Crippen LogP contribution in [-0.2, 0) is 5.41 Å². The predicted octanol–water partition coefficient (Wildman–Crippen LogP) is 15.1. The van der Waals surface area contributed by atoms with Crippen molar-refractivity contribution in [1.29, 1.82) is 0 Å². The largest absolute Gasteiger partial charge is 0.228 e. The van der Waals surface area contributed by atoms with Crippen LogP contribution in [0, 0.1) is 0 Å². The van der Waals surface area contributed by atoms with E-state index in [1.54, 1.807) is 0 Å². The molecular formula is C57H40N2. The first-order chi connectivity index (χ1) is 29.0. The fourth-order valence-corrected chi connectivity index (χ4v) is 9.38. The highest BCUT2D eigenvalue weighted by Crippen LogP contribution is 2.52. The molecule has 0 spiro atoms. The molecule has 278 valence electrons. The van der Waals surface area contributed by atoms with Crippen LogP contribution in [0.1, 0.15) is 25.0 Å². The predicted molar refractivity (Wildman–Crippen MR) is 247 cm³/mol. The van der Waals surface area contributed by atoms with Crippen LogP contribution in [0.15, 0.2) is 206 Å². The van der Waals surface area contributed by atoms with Gasteiger partial charge in [0.15, 0.2) is 5.82 Å². The number of hydrogen-bond donors (Lipinski definition) is 0. The van der Waals surface area contributed by atoms with Gasteiger partial charge in [-0.2, -0.15) is 0 Å². The summed E-state index contributed by atoms with van der Waals surface area (Å²) in [5.74, 6) is 0.699. The van der Waals surface area contributed by atoms with E-state index in [0.717, 1.165) is 55.7 Å². The van der Waals surface area contributed by atoms with Gasteiger partial charge < -0.3 is 0 Å². The summed E-state index contributed by atoms with van der Waals surface area (Å²) in [6.07, 6.45) is 0. The minimum Gasteiger partial charge on any atom is -0.228 e. The second kappa shape index (κ2) is 13.9. The van der Waals surface area contributed by atoms with E-state index in [1.165, 1.54) is 49.5 Å². The van der Waals surface area contributed by atoms with Gasteiger partial charge >= 0.3 is 0 Å². The van der Waals surface area contributed by atoms with E-state index in [0.29, 0.717) is 5.82 Å². The maximum Gasteiger partial charge on any atom is 0.160 e. The molecule has 0 atom stereocenters. The molecule has 1 heterocycles. The number of fused-ring (bicyclic) bond motifs is 6. The van der Waals surface area contributed by atoms with E-state index in [4.69, 9.17) is 9.97 Å². The molecule has 0 saturated heterocycles. The van der Waals surface area contributed by atoms with Crippen LogP contribution >= 0.6 is 0 Å². The molecule has 0 fully saturated rings. The van der Waals surface area contributed by atoms with Crippen molar-refractivity contribution >= 4 is 21.5 Å². The summed E-state index contributed by atoms with van der Waals surface area (Å²) in [5.41, 5.74) is 17.3. The topological polar surface area (TPSA) is 25.8 Å². The minimum absolute atomic E-state index is 0.0976. The molecule has 1 aliphatic carbocycles. The second-order valence-corrected chi connectivity index (χ2v) is 16.2. The third-order valence-electron chi connectivity index (χ3n) is 12.2. The van der Waals surface area contributed by atoms with Crippen molar-refractivity contribution in [2.75, 3.05) is 0 Å². The van der Waals surface area contributed by atoms with Gasteiger partial charge in [0.1, 0.15) is 0 Å². The molecule has 11 rings (SSSR count). The molecule has 0 saturated carbocycles. The molecule has 2 heteroatoms. The lowest BCUT2D eigenvalue weighted by atomic mass is 9.80. The van der Waals surface area contributed by atoms with Gasteiger partial charge in [0.25, 0.3) is 0 Å². The van der Waals surface area contributed by atoms with Gasteiger partial charge in [-0.1, -0.05) is 190 Å². The van der Waals surface area contributed by atoms with Crippen LogP contribution in [0.3, 0.4) is 0 Å². The van der Waals surface area contributed by atoms with Crippen molar-refractivity contribution in [3.63, 3.8) is 0 Å². The van der Waals surface area contributed by atoms with E-state index in [1.807, 2.05) is 6.07 Å². The van der Waals surface area contributed by atoms with Crippen LogP contribution in [-0.4, -0.2) is 9.97 Å². The van der Waals surface area contributed by atoms with Gasteiger partial charge in [0.05, 0.1) is 11.4 Å². The Morgan fingerprint density at radius 3 is 1.53 bits per heavy atom. The molecule has 0 radical (unpaired) electrons. The van der Waals surface area contributed by atoms with Crippen molar-refractivity contribution in [3.05, 3.63) is 217 Å². The van der Waals surface area contributed by atoms with Crippen LogP contribution in [0.2, 0.25) is 0 Å². The molecule has 1 aromatic heterocycles. The Bertz CT molecular complexity index is 3160. The monoisotopic (exact) mass is 752 g/mol. The fourth-order valence-electron chi connectivity index (χ4n) is 9.38. The van der Waals surface area contributed by atoms with Crippen molar-refractivity contribution in [3.8, 4) is 78.4 Å². The first kappa shape index (κ1) is 34.8. The smallest absolute Gasteiger partial charge is 0.160 e. The Balaban J connectivity index is 1.08. The fraction of sp³-hybridized carbons (Fsp3) is 0.0526. The molecule has 0 amide bonds. The lowest BCUT2D eigenvalue weighted by molar-refractivity contribution is 0.666. The van der Waals surface area contributed by atoms with Gasteiger partial charge in [-0.05, 0) is 108 Å². The quantitative estimate of drug-likeness (QED) is 0.169. The number of rotatable bonds is 6. The minimum atomic E-state index is -0.0976. The van der Waals surface area contributed by atoms with Crippen LogP contribution in [0.4, 0.5) is 0 Å². The molecule has 59 heavy (non-hydrogen) atoms. The number of hydrogen-bond acceptors (Lipinski definition) is 2. The molecule has 0 bridgehead atoms. The first-order valence-corrected chi connectivity index (χ1v) is 20.4. The highest BCUT2D eigenvalue weighted by atomic mass is 14.9. The van der Waals surface area contributed by atoms with Gasteiger partial charge in [-0.25, -0.2) is 9.97 Å². The first-order valence-electron chi connectivity index (χ1n) is 20.4. The van der Waals surface area contributed by atoms with E-state index in [2.05, 4.69) is 214 Å². The van der Waals surface area contributed by atoms with E-state index < -0.39 is 0 Å². The van der Waals surface area contributed by atoms with Gasteiger partial charge in [0, 0.05) is 22.1 Å². The van der Waals surface area contributed by atoms with E-state index >= 15 is 0 Å². The lowest BCUT2D eigenvalue weighted by Crippen LogP contribution is -2.15. The van der Waals surface area contributed by atoms with Crippen molar-refractivity contribution in [2.45, 2.75) is 19.3 Å². The normalized spacial score (nSPS) is 12.7. The second-order valence-electron chi connectivity index (χ2n) is 16.2. The maximum atomic E-state index is 5.32. The summed E-state index contributed by atoms with van der Waals surface area (Å²) in [6, 6.07) is 74.3. The Morgan fingerprint density at radius 2 is 0.847 bits per heavy atom. The summed E-state index contributed by atoms with van der Waals surface area (Å²) in [6.45, 7) is 4.74. The van der Waals surface area contributed by atoms with Crippen molar-refractivity contribution in [1.82, 2.24) is 9.97 Å². The van der Waals surface area contributed by atoms with Crippen molar-refractivity contribution < 1.29 is 0 Å². The average molecular weight is 753 g/mol. The van der Waals surface area contributed by atoms with Crippen molar-refractivity contribution in [2.24, 2.45) is 0 Å². The summed E-state index contributed by atoms with van der Waals surface area (Å²) >= 11 is 0. The third kappa shape index (κ3) is 5.96. The molecule has 10 aromatic rings. The molecular weight excluding hydrogens is 713 g/mol. The van der Waals surface area contributed by atoms with Crippen LogP contribution in [0.25, 0.3) is 100.0 Å². The summed E-state index contributed by atoms with van der Waals surface area (Å²) in [4.78, 5) is 10.6. The zero-order valence-electron chi connectivity index (χ0n) is 33.0. The summed E-state index contributed by atoms with van der Waals surface area (Å²) in [7, 11) is 0. The lowest BCUT2D eigenvalue weighted by Gasteiger charge is -2.23. The molecule has 0 aliphatic heterocycles. The molecule has 1 aliphatic rings. The highest BCUT2D eigenvalue weighted by molar-refractivity contribution is 6.06. The zero-order chi connectivity index (χ0) is 39.5. The summed E-state index contributed by atoms with van der Waals surface area (Å²) < 4.78 is 0. The number of benzene rings is 9. The van der Waals surface area contributed by atoms with E-state index in [-0.39, 0.29) is 5.41 Å². The standard InChI is InChI=1S/C57H40N2/c1-57(2)52-31-27-41(35-51(52)50-28-26-39-20-12-13-23-46(39)55(50)57)45-29-30-49(48-25-15-14-24-47(45)48)54-36-53(58-56(59-54)40-21-10-5-11-22-40)44-33-42(37-16-6-3-7-17-37)32-43(34-44)38-18-8-4-9-19-38/h3-36H,1-2H3. The molecule has 2 nitrogen and oxygen atoms in total. The SMILES string of the molecule is CC1(C)c2ccc(-c3ccc(-c4cc(-c5cc(-c6ccccc6)cc(-c6ccccc6)c5)nc(-c5ccccc5)n4)c4ccccc34)cc2-c2ccc3ccccc3c21. The Kier molecular flexibility index (Phi) is 8.20. The maximum absolute atomic E-state index is 5.32. The Labute approximate surface area is 345 Å². The van der Waals surface area contributed by atoms with Gasteiger partial charge in [0.2, 0.25) is 0 Å². The van der Waals surface area contributed by atoms with Gasteiger partial charge in [-0.3, -0.25) is 0 Å². The Hall–Kier alpha value is -7.42. The molecule has 0 unspecified atom stereocenters. The number of nitrogens with zero attached hydrogens (tertiary/aromatic N) is 2. The average Bonchev–Trinajstić information content (AvgIpc) is 3.54. The summed E-state index contributed by atoms with van der Waals surface area (Å²) in [5, 5.41) is 4.98. The zero-order valence-corrected chi connectivity index (χ0v) is 33.0. The number of aromatic nitrogens is 2. The van der Waals surface area contributed by atoms with Gasteiger partial charge in [-0.15, -0.1) is 0 Å². The van der Waals surface area contributed by atoms with E-state index in [9.17, 15) is 0 Å². The third-order valence-corrected chi connectivity index (χ3v) is 12.2.